The molecule has 1 amide bonds. The van der Waals surface area contributed by atoms with Gasteiger partial charge in [-0.25, -0.2) is 13.1 Å². The molecule has 1 heterocycles. The fourth-order valence-electron chi connectivity index (χ4n) is 1.82. The zero-order valence-corrected chi connectivity index (χ0v) is 12.7. The molecule has 1 aliphatic rings. The van der Waals surface area contributed by atoms with Gasteiger partial charge in [0.1, 0.15) is 0 Å². The highest BCUT2D eigenvalue weighted by Crippen LogP contribution is 2.32. The van der Waals surface area contributed by atoms with Crippen molar-refractivity contribution >= 4 is 37.5 Å². The van der Waals surface area contributed by atoms with E-state index in [4.69, 9.17) is 0 Å². The zero-order chi connectivity index (χ0) is 14.0. The van der Waals surface area contributed by atoms with Crippen LogP contribution in [-0.2, 0) is 21.2 Å². The second kappa shape index (κ2) is 5.58. The first-order chi connectivity index (χ1) is 8.94. The molecule has 0 radical (unpaired) electrons. The molecule has 104 valence electrons. The molecule has 0 atom stereocenters. The van der Waals surface area contributed by atoms with E-state index in [-0.39, 0.29) is 17.2 Å². The van der Waals surface area contributed by atoms with Crippen LogP contribution in [0.25, 0.3) is 0 Å². The predicted molar refractivity (Wildman–Crippen MR) is 75.6 cm³/mol. The van der Waals surface area contributed by atoms with E-state index in [9.17, 15) is 13.2 Å². The molecule has 0 bridgehead atoms. The quantitative estimate of drug-likeness (QED) is 0.674. The third-order valence-corrected chi connectivity index (χ3v) is 5.16. The van der Waals surface area contributed by atoms with Crippen LogP contribution in [0, 0.1) is 0 Å². The van der Waals surface area contributed by atoms with Gasteiger partial charge in [0, 0.05) is 23.2 Å². The minimum Gasteiger partial charge on any atom is -0.325 e. The Bertz CT molecular complexity index is 616. The smallest absolute Gasteiger partial charge is 0.241 e. The van der Waals surface area contributed by atoms with Crippen LogP contribution in [0.15, 0.2) is 21.5 Å². The third kappa shape index (κ3) is 3.14. The summed E-state index contributed by atoms with van der Waals surface area (Å²) in [6, 6.07) is 3.14. The van der Waals surface area contributed by atoms with Crippen molar-refractivity contribution < 1.29 is 13.2 Å². The number of amides is 1. The van der Waals surface area contributed by atoms with Crippen LogP contribution in [0.2, 0.25) is 0 Å². The average Bonchev–Trinajstić information content (AvgIpc) is 2.67. The molecule has 2 rings (SSSR count). The second-order valence-corrected chi connectivity index (χ2v) is 6.76. The molecule has 0 fully saturated rings. The fourth-order valence-corrected chi connectivity index (χ4v) is 3.94. The van der Waals surface area contributed by atoms with Gasteiger partial charge in [-0.3, -0.25) is 4.79 Å². The summed E-state index contributed by atoms with van der Waals surface area (Å²) in [5.41, 5.74) is 1.35. The van der Waals surface area contributed by atoms with E-state index in [0.717, 1.165) is 0 Å². The van der Waals surface area contributed by atoms with Crippen LogP contribution < -0.4 is 15.4 Å². The maximum absolute atomic E-state index is 12.1. The van der Waals surface area contributed by atoms with Crippen molar-refractivity contribution in [2.75, 3.05) is 25.5 Å². The molecule has 1 aromatic carbocycles. The Kier molecular flexibility index (Phi) is 4.24. The molecule has 1 aromatic rings. The molecular formula is C11H14BrN3O3S. The van der Waals surface area contributed by atoms with Crippen molar-refractivity contribution in [1.29, 1.82) is 0 Å². The van der Waals surface area contributed by atoms with Gasteiger partial charge in [-0.2, -0.15) is 0 Å². The number of hydrogen-bond donors (Lipinski definition) is 3. The first-order valence-electron chi connectivity index (χ1n) is 5.70. The third-order valence-electron chi connectivity index (χ3n) is 2.74. The van der Waals surface area contributed by atoms with Crippen molar-refractivity contribution in [3.05, 3.63) is 22.2 Å². The Morgan fingerprint density at radius 1 is 1.37 bits per heavy atom. The molecule has 1 aliphatic heterocycles. The van der Waals surface area contributed by atoms with E-state index < -0.39 is 10.0 Å². The normalized spacial score (nSPS) is 14.3. The lowest BCUT2D eigenvalue weighted by Gasteiger charge is -2.10. The lowest BCUT2D eigenvalue weighted by molar-refractivity contribution is -0.115. The van der Waals surface area contributed by atoms with Crippen LogP contribution in [0.4, 0.5) is 5.69 Å². The summed E-state index contributed by atoms with van der Waals surface area (Å²) in [6.07, 6.45) is 0.210. The largest absolute Gasteiger partial charge is 0.325 e. The molecule has 8 heteroatoms. The van der Waals surface area contributed by atoms with E-state index in [2.05, 4.69) is 31.3 Å². The molecule has 0 unspecified atom stereocenters. The van der Waals surface area contributed by atoms with Gasteiger partial charge < -0.3 is 10.6 Å². The lowest BCUT2D eigenvalue weighted by atomic mass is 10.2. The Balaban J connectivity index is 2.30. The van der Waals surface area contributed by atoms with Gasteiger partial charge in [-0.1, -0.05) is 0 Å². The fraction of sp³-hybridized carbons (Fsp3) is 0.364. The molecule has 0 saturated carbocycles. The van der Waals surface area contributed by atoms with Gasteiger partial charge >= 0.3 is 0 Å². The number of rotatable bonds is 5. The van der Waals surface area contributed by atoms with Crippen LogP contribution in [0.5, 0.6) is 0 Å². The van der Waals surface area contributed by atoms with E-state index >= 15 is 0 Å². The Morgan fingerprint density at radius 2 is 2.11 bits per heavy atom. The summed E-state index contributed by atoms with van der Waals surface area (Å²) in [5.74, 6) is -0.125. The summed E-state index contributed by atoms with van der Waals surface area (Å²) < 4.78 is 27.2. The maximum Gasteiger partial charge on any atom is 0.241 e. The Hall–Kier alpha value is -0.960. The monoisotopic (exact) mass is 347 g/mol. The van der Waals surface area contributed by atoms with Gasteiger partial charge in [0.2, 0.25) is 15.9 Å². The van der Waals surface area contributed by atoms with Crippen molar-refractivity contribution in [2.24, 2.45) is 0 Å². The van der Waals surface area contributed by atoms with Crippen LogP contribution in [0.1, 0.15) is 5.56 Å². The number of hydrogen-bond acceptors (Lipinski definition) is 4. The highest BCUT2D eigenvalue weighted by molar-refractivity contribution is 9.10. The zero-order valence-electron chi connectivity index (χ0n) is 10.3. The van der Waals surface area contributed by atoms with E-state index in [1.54, 1.807) is 13.1 Å². The Morgan fingerprint density at radius 3 is 2.79 bits per heavy atom. The van der Waals surface area contributed by atoms with Gasteiger partial charge in [0.05, 0.1) is 11.3 Å². The minimum atomic E-state index is -3.58. The molecule has 0 saturated heterocycles. The van der Waals surface area contributed by atoms with Crippen molar-refractivity contribution in [1.82, 2.24) is 10.0 Å². The number of fused-ring (bicyclic) bond motifs is 1. The highest BCUT2D eigenvalue weighted by atomic mass is 79.9. The predicted octanol–water partition coefficient (Wildman–Crippen LogP) is 0.441. The van der Waals surface area contributed by atoms with Crippen molar-refractivity contribution in [2.45, 2.75) is 11.3 Å². The number of carbonyl (C=O) groups is 1. The summed E-state index contributed by atoms with van der Waals surface area (Å²) in [5, 5.41) is 5.54. The minimum absolute atomic E-state index is 0.125. The number of likely N-dealkylation sites (N-methyl/N-ethyl adjacent to an activating group) is 1. The van der Waals surface area contributed by atoms with Gasteiger partial charge in [0.15, 0.2) is 0 Å². The van der Waals surface area contributed by atoms with Crippen molar-refractivity contribution in [3.63, 3.8) is 0 Å². The molecule has 0 aliphatic carbocycles. The van der Waals surface area contributed by atoms with E-state index in [1.807, 2.05) is 0 Å². The molecule has 3 N–H and O–H groups in total. The van der Waals surface area contributed by atoms with Gasteiger partial charge in [0.25, 0.3) is 0 Å². The number of carbonyl (C=O) groups excluding carboxylic acids is 1. The van der Waals surface area contributed by atoms with Crippen LogP contribution >= 0.6 is 15.9 Å². The molecule has 0 spiro atoms. The first-order valence-corrected chi connectivity index (χ1v) is 7.98. The molecule has 0 aromatic heterocycles. The number of sulfonamides is 1. The summed E-state index contributed by atoms with van der Waals surface area (Å²) in [4.78, 5) is 11.4. The van der Waals surface area contributed by atoms with E-state index in [0.29, 0.717) is 28.8 Å². The molecule has 19 heavy (non-hydrogen) atoms. The first kappa shape index (κ1) is 14.4. The summed E-state index contributed by atoms with van der Waals surface area (Å²) >= 11 is 3.23. The number of anilines is 1. The van der Waals surface area contributed by atoms with Crippen molar-refractivity contribution in [3.8, 4) is 0 Å². The maximum atomic E-state index is 12.1. The number of benzene rings is 1. The Labute approximate surface area is 120 Å². The number of nitrogens with one attached hydrogen (secondary N) is 3. The van der Waals surface area contributed by atoms with E-state index in [1.165, 1.54) is 6.07 Å². The summed E-state index contributed by atoms with van der Waals surface area (Å²) in [7, 11) is -1.83. The standard InChI is InChI=1S/C11H14BrN3O3S/c1-13-2-3-14-19(17,18)10-4-7-5-11(16)15-9(7)6-8(10)12/h4,6,13-14H,2-3,5H2,1H3,(H,15,16). The SMILES string of the molecule is CNCCNS(=O)(=O)c1cc2c(cc1Br)NC(=O)C2. The highest BCUT2D eigenvalue weighted by Gasteiger charge is 2.24. The van der Waals surface area contributed by atoms with Crippen LogP contribution in [-0.4, -0.2) is 34.5 Å². The average molecular weight is 348 g/mol. The van der Waals surface area contributed by atoms with Gasteiger partial charge in [-0.05, 0) is 40.7 Å². The number of halogens is 1. The van der Waals surface area contributed by atoms with Crippen LogP contribution in [0.3, 0.4) is 0 Å². The summed E-state index contributed by atoms with van der Waals surface area (Å²) in [6.45, 7) is 0.849. The lowest BCUT2D eigenvalue weighted by Crippen LogP contribution is -2.30. The van der Waals surface area contributed by atoms with Gasteiger partial charge in [-0.15, -0.1) is 0 Å². The topological polar surface area (TPSA) is 87.3 Å². The second-order valence-electron chi connectivity index (χ2n) is 4.17. The molecular weight excluding hydrogens is 334 g/mol. The molecule has 6 nitrogen and oxygen atoms in total.